The summed E-state index contributed by atoms with van der Waals surface area (Å²) < 4.78 is -1.57. The average molecular weight is 302 g/mol. The monoisotopic (exact) mass is 300 g/mol. The van der Waals surface area contributed by atoms with Gasteiger partial charge < -0.3 is 0 Å². The van der Waals surface area contributed by atoms with Crippen molar-refractivity contribution in [3.8, 4) is 0 Å². The molecule has 0 saturated heterocycles. The van der Waals surface area contributed by atoms with Gasteiger partial charge in [-0.1, -0.05) is 34.8 Å². The summed E-state index contributed by atoms with van der Waals surface area (Å²) in [6.07, 6.45) is 0. The second-order valence-corrected chi connectivity index (χ2v) is 6.20. The minimum atomic E-state index is -1.57. The molecule has 0 N–H and O–H groups in total. The second-order valence-electron chi connectivity index (χ2n) is 2.33. The molecular formula is C8H4BrCl3O. The number of ketones is 1. The first-order valence-corrected chi connectivity index (χ1v) is 5.21. The van der Waals surface area contributed by atoms with Crippen LogP contribution in [0, 0.1) is 0 Å². The van der Waals surface area contributed by atoms with Crippen molar-refractivity contribution in [1.82, 2.24) is 0 Å². The third-order valence-corrected chi connectivity index (χ3v) is 2.32. The molecule has 1 nitrogen and oxygen atoms in total. The van der Waals surface area contributed by atoms with Gasteiger partial charge in [0.1, 0.15) is 0 Å². The molecule has 0 radical (unpaired) electrons. The minimum Gasteiger partial charge on any atom is -0.290 e. The van der Waals surface area contributed by atoms with E-state index in [1.807, 2.05) is 0 Å². The van der Waals surface area contributed by atoms with Gasteiger partial charge in [-0.15, -0.1) is 0 Å². The van der Waals surface area contributed by atoms with Crippen LogP contribution in [0.15, 0.2) is 24.3 Å². The molecule has 0 aliphatic heterocycles. The third kappa shape index (κ3) is 3.13. The summed E-state index contributed by atoms with van der Waals surface area (Å²) in [6.45, 7) is 0. The number of carbonyl (C=O) groups excluding carboxylic acids is 1. The van der Waals surface area contributed by atoms with Crippen LogP contribution in [0.5, 0.6) is 0 Å². The van der Waals surface area contributed by atoms with Crippen LogP contribution in [0.3, 0.4) is 0 Å². The summed E-state index contributed by atoms with van der Waals surface area (Å²) >= 11 is 19.6. The van der Waals surface area contributed by atoms with Gasteiger partial charge >= 0.3 is 0 Å². The molecule has 0 aromatic heterocycles. The van der Waals surface area contributed by atoms with Gasteiger partial charge in [-0.25, -0.2) is 0 Å². The number of halogens is 4. The van der Waals surface area contributed by atoms with Crippen molar-refractivity contribution in [2.75, 3.05) is 0 Å². The Balaban J connectivity index is 2.97. The Hall–Kier alpha value is 0.240. The van der Waals surface area contributed by atoms with E-state index in [4.69, 9.17) is 34.8 Å². The highest BCUT2D eigenvalue weighted by molar-refractivity contribution is 9.11. The normalized spacial score (nSPS) is 11.4. The molecule has 1 rings (SSSR count). The van der Waals surface area contributed by atoms with E-state index < -0.39 is 9.03 Å². The van der Waals surface area contributed by atoms with Gasteiger partial charge in [-0.05, 0) is 40.2 Å². The highest BCUT2D eigenvalue weighted by Gasteiger charge is 2.30. The smallest absolute Gasteiger partial charge is 0.234 e. The molecule has 0 bridgehead atoms. The molecule has 1 aromatic rings. The lowest BCUT2D eigenvalue weighted by molar-refractivity contribution is 0.1000. The molecule has 0 fully saturated rings. The molecule has 0 saturated carbocycles. The molecular weight excluding hydrogens is 298 g/mol. The fraction of sp³-hybridized carbons (Fsp3) is 0.125. The first-order chi connectivity index (χ1) is 5.91. The maximum Gasteiger partial charge on any atom is 0.234 e. The zero-order valence-electron chi connectivity index (χ0n) is 6.23. The van der Waals surface area contributed by atoms with Crippen LogP contribution >= 0.6 is 50.7 Å². The summed E-state index contributed by atoms with van der Waals surface area (Å²) in [5.41, 5.74) is 0.409. The van der Waals surface area contributed by atoms with Crippen molar-refractivity contribution in [2.24, 2.45) is 0 Å². The fourth-order valence-corrected chi connectivity index (χ4v) is 1.34. The number of hydrogen-bond acceptors (Lipinski definition) is 1. The van der Waals surface area contributed by atoms with E-state index in [0.29, 0.717) is 10.6 Å². The summed E-state index contributed by atoms with van der Waals surface area (Å²) in [4.78, 5) is 11.4. The van der Waals surface area contributed by atoms with Crippen LogP contribution in [-0.4, -0.2) is 9.03 Å². The number of benzene rings is 1. The van der Waals surface area contributed by atoms with E-state index in [-0.39, 0.29) is 0 Å². The molecule has 0 spiro atoms. The van der Waals surface area contributed by atoms with Gasteiger partial charge in [-0.2, -0.15) is 0 Å². The van der Waals surface area contributed by atoms with E-state index in [1.54, 1.807) is 24.3 Å². The van der Waals surface area contributed by atoms with Crippen LogP contribution < -0.4 is 0 Å². The van der Waals surface area contributed by atoms with E-state index in [1.165, 1.54) is 0 Å². The number of alkyl halides is 3. The Morgan fingerprint density at radius 3 is 2.08 bits per heavy atom. The van der Waals surface area contributed by atoms with Crippen LogP contribution in [0.25, 0.3) is 0 Å². The lowest BCUT2D eigenvalue weighted by Crippen LogP contribution is -2.17. The van der Waals surface area contributed by atoms with Gasteiger partial charge in [0.15, 0.2) is 0 Å². The summed E-state index contributed by atoms with van der Waals surface area (Å²) in [5, 5.41) is 0.556. The van der Waals surface area contributed by atoms with Crippen molar-refractivity contribution in [2.45, 2.75) is 3.24 Å². The van der Waals surface area contributed by atoms with Crippen LogP contribution in [0.1, 0.15) is 10.4 Å². The lowest BCUT2D eigenvalue weighted by atomic mass is 10.1. The fourth-order valence-electron chi connectivity index (χ4n) is 0.765. The topological polar surface area (TPSA) is 17.1 Å². The molecule has 13 heavy (non-hydrogen) atoms. The largest absolute Gasteiger partial charge is 0.290 e. The Morgan fingerprint density at radius 1 is 1.23 bits per heavy atom. The standard InChI is InChI=1S/C8H4BrCl3O/c9-8(11,12)7(13)5-1-3-6(10)4-2-5/h1-4H. The molecule has 0 heterocycles. The Labute approximate surface area is 99.1 Å². The number of rotatable bonds is 2. The quantitative estimate of drug-likeness (QED) is 0.595. The van der Waals surface area contributed by atoms with Crippen LogP contribution in [0.4, 0.5) is 0 Å². The van der Waals surface area contributed by atoms with Gasteiger partial charge in [-0.3, -0.25) is 4.79 Å². The number of Topliss-reactive ketones (excluding diaryl/α,β-unsaturated/α-hetero) is 1. The number of hydrogen-bond donors (Lipinski definition) is 0. The molecule has 0 aliphatic carbocycles. The van der Waals surface area contributed by atoms with Crippen molar-refractivity contribution < 1.29 is 4.79 Å². The molecule has 0 amide bonds. The molecule has 0 unspecified atom stereocenters. The zero-order chi connectivity index (χ0) is 10.1. The van der Waals surface area contributed by atoms with Gasteiger partial charge in [0.2, 0.25) is 9.03 Å². The Bertz CT molecular complexity index is 315. The summed E-state index contributed by atoms with van der Waals surface area (Å²) in [7, 11) is 0. The second kappa shape index (κ2) is 4.18. The molecule has 0 aliphatic rings. The zero-order valence-corrected chi connectivity index (χ0v) is 10.1. The summed E-state index contributed by atoms with van der Waals surface area (Å²) in [5.74, 6) is -0.410. The van der Waals surface area contributed by atoms with Crippen molar-refractivity contribution in [3.05, 3.63) is 34.9 Å². The molecule has 70 valence electrons. The predicted octanol–water partition coefficient (Wildman–Crippen LogP) is 4.05. The van der Waals surface area contributed by atoms with Gasteiger partial charge in [0.05, 0.1) is 0 Å². The SMILES string of the molecule is O=C(c1ccc(Cl)cc1)C(Cl)(Cl)Br. The predicted molar refractivity (Wildman–Crippen MR) is 59.1 cm³/mol. The lowest BCUT2D eigenvalue weighted by Gasteiger charge is -2.09. The van der Waals surface area contributed by atoms with Crippen LogP contribution in [-0.2, 0) is 0 Å². The van der Waals surface area contributed by atoms with Crippen molar-refractivity contribution >= 4 is 56.5 Å². The Kier molecular flexibility index (Phi) is 3.64. The molecule has 1 aromatic carbocycles. The van der Waals surface area contributed by atoms with Crippen LogP contribution in [0.2, 0.25) is 5.02 Å². The van der Waals surface area contributed by atoms with Gasteiger partial charge in [0, 0.05) is 10.6 Å². The average Bonchev–Trinajstić information content (AvgIpc) is 2.03. The maximum atomic E-state index is 11.4. The molecule has 0 atom stereocenters. The third-order valence-electron chi connectivity index (χ3n) is 1.36. The maximum absolute atomic E-state index is 11.4. The highest BCUT2D eigenvalue weighted by Crippen LogP contribution is 2.32. The van der Waals surface area contributed by atoms with E-state index in [0.717, 1.165) is 0 Å². The Morgan fingerprint density at radius 2 is 1.69 bits per heavy atom. The van der Waals surface area contributed by atoms with Crippen molar-refractivity contribution in [1.29, 1.82) is 0 Å². The number of carbonyl (C=O) groups is 1. The van der Waals surface area contributed by atoms with E-state index in [9.17, 15) is 4.79 Å². The first-order valence-electron chi connectivity index (χ1n) is 3.28. The highest BCUT2D eigenvalue weighted by atomic mass is 79.9. The molecule has 5 heteroatoms. The first kappa shape index (κ1) is 11.3. The van der Waals surface area contributed by atoms with E-state index >= 15 is 0 Å². The van der Waals surface area contributed by atoms with Crippen molar-refractivity contribution in [3.63, 3.8) is 0 Å². The van der Waals surface area contributed by atoms with Gasteiger partial charge in [0.25, 0.3) is 0 Å². The summed E-state index contributed by atoms with van der Waals surface area (Å²) in [6, 6.07) is 6.32. The van der Waals surface area contributed by atoms with E-state index in [2.05, 4.69) is 15.9 Å². The minimum absolute atomic E-state index is 0.409.